The number of aliphatic hydroxyl groups excluding tert-OH is 1. The molecule has 0 amide bonds. The first-order valence-corrected chi connectivity index (χ1v) is 15.7. The normalized spacial score (nSPS) is 12.1. The third-order valence-corrected chi connectivity index (χ3v) is 8.28. The van der Waals surface area contributed by atoms with Gasteiger partial charge in [-0.25, -0.2) is 0 Å². The van der Waals surface area contributed by atoms with E-state index in [1.54, 1.807) is 24.3 Å². The summed E-state index contributed by atoms with van der Waals surface area (Å²) in [6.45, 7) is 8.07. The van der Waals surface area contributed by atoms with Crippen molar-refractivity contribution < 1.29 is 52.0 Å². The van der Waals surface area contributed by atoms with Gasteiger partial charge < -0.3 is 13.9 Å². The molecule has 3 aromatic carbocycles. The summed E-state index contributed by atoms with van der Waals surface area (Å²) in [6.07, 6.45) is 0.204. The zero-order chi connectivity index (χ0) is 33.7. The van der Waals surface area contributed by atoms with Crippen molar-refractivity contribution in [2.75, 3.05) is 0 Å². The Morgan fingerprint density at radius 2 is 1.60 bits per heavy atom. The van der Waals surface area contributed by atoms with Crippen LogP contribution < -0.4 is 0 Å². The van der Waals surface area contributed by atoms with Gasteiger partial charge in [-0.05, 0) is 55.0 Å². The Balaban J connectivity index is 0.000000279. The minimum Gasteiger partial charge on any atom is -0.512 e. The third kappa shape index (κ3) is 7.85. The van der Waals surface area contributed by atoms with Crippen molar-refractivity contribution in [3.05, 3.63) is 90.5 Å². The predicted octanol–water partition coefficient (Wildman–Crippen LogP) is 10.5. The number of allylic oxidation sites excluding steroid dienone is 2. The van der Waals surface area contributed by atoms with E-state index in [1.165, 1.54) is 6.08 Å². The number of alkyl halides is 3. The van der Waals surface area contributed by atoms with Crippen LogP contribution in [-0.4, -0.2) is 26.1 Å². The predicted molar refractivity (Wildman–Crippen MR) is 175 cm³/mol. The molecule has 6 rings (SSSR count). The molecular weight excluding hydrogens is 800 g/mol. The summed E-state index contributed by atoms with van der Waals surface area (Å²) in [5, 5.41) is 19.0. The SMILES string of the molecule is CCC(CC)C(=O)/C=C(\O)C(CC)CC.FC(F)(F)c1nnc(-c2ccc3c(c2)oc2c(-c4ccc5ccccc5n4)[c-]ccc23)o1.[Ir]. The van der Waals surface area contributed by atoms with Crippen LogP contribution in [0.3, 0.4) is 0 Å². The molecule has 0 aliphatic heterocycles. The van der Waals surface area contributed by atoms with E-state index in [2.05, 4.69) is 16.3 Å². The molecule has 11 heteroatoms. The largest absolute Gasteiger partial charge is 0.512 e. The van der Waals surface area contributed by atoms with E-state index in [9.17, 15) is 23.1 Å². The Morgan fingerprint density at radius 3 is 2.27 bits per heavy atom. The number of nitrogens with zero attached hydrogens (tertiary/aromatic N) is 3. The summed E-state index contributed by atoms with van der Waals surface area (Å²) in [5.74, 6) is -1.08. The molecule has 3 aromatic heterocycles. The third-order valence-electron chi connectivity index (χ3n) is 8.28. The minimum atomic E-state index is -4.70. The van der Waals surface area contributed by atoms with Crippen molar-refractivity contribution in [2.24, 2.45) is 11.8 Å². The second-order valence-electron chi connectivity index (χ2n) is 11.2. The molecule has 0 aliphatic rings. The van der Waals surface area contributed by atoms with Gasteiger partial charge in [0.1, 0.15) is 5.58 Å². The summed E-state index contributed by atoms with van der Waals surface area (Å²) < 4.78 is 49.3. The Bertz CT molecular complexity index is 2040. The van der Waals surface area contributed by atoms with Crippen molar-refractivity contribution in [3.8, 4) is 22.7 Å². The van der Waals surface area contributed by atoms with E-state index < -0.39 is 12.1 Å². The van der Waals surface area contributed by atoms with Gasteiger partial charge in [-0.15, -0.1) is 28.4 Å². The van der Waals surface area contributed by atoms with E-state index in [4.69, 9.17) is 13.8 Å². The molecule has 253 valence electrons. The molecule has 3 heterocycles. The summed E-state index contributed by atoms with van der Waals surface area (Å²) in [6, 6.07) is 23.5. The van der Waals surface area contributed by atoms with Gasteiger partial charge in [-0.1, -0.05) is 75.0 Å². The molecule has 48 heavy (non-hydrogen) atoms. The maximum atomic E-state index is 12.8. The molecule has 0 fully saturated rings. The average Bonchev–Trinajstić information content (AvgIpc) is 3.72. The first-order chi connectivity index (χ1) is 22.6. The number of carbonyl (C=O) groups excluding carboxylic acids is 1. The van der Waals surface area contributed by atoms with Crippen LogP contribution in [0.15, 0.2) is 87.4 Å². The van der Waals surface area contributed by atoms with Crippen molar-refractivity contribution in [3.63, 3.8) is 0 Å². The number of ketones is 1. The van der Waals surface area contributed by atoms with Crippen LogP contribution in [0.5, 0.6) is 0 Å². The van der Waals surface area contributed by atoms with Crippen LogP contribution >= 0.6 is 0 Å². The Kier molecular flexibility index (Phi) is 11.9. The number of para-hydroxylation sites is 1. The van der Waals surface area contributed by atoms with Crippen LogP contribution in [-0.2, 0) is 31.1 Å². The van der Waals surface area contributed by atoms with Gasteiger partial charge in [0.25, 0.3) is 0 Å². The number of aliphatic hydroxyl groups is 1. The van der Waals surface area contributed by atoms with E-state index in [0.717, 1.165) is 47.4 Å². The van der Waals surface area contributed by atoms with Gasteiger partial charge in [-0.3, -0.25) is 9.78 Å². The van der Waals surface area contributed by atoms with Crippen LogP contribution in [0.4, 0.5) is 13.2 Å². The van der Waals surface area contributed by atoms with Gasteiger partial charge >= 0.3 is 12.1 Å². The van der Waals surface area contributed by atoms with Crippen molar-refractivity contribution >= 4 is 38.6 Å². The fourth-order valence-corrected chi connectivity index (χ4v) is 5.50. The topological polar surface area (TPSA) is 102 Å². The van der Waals surface area contributed by atoms with E-state index in [-0.39, 0.29) is 49.4 Å². The molecule has 0 saturated carbocycles. The first-order valence-electron chi connectivity index (χ1n) is 15.7. The molecule has 0 spiro atoms. The zero-order valence-corrected chi connectivity index (χ0v) is 29.3. The molecular formula is C37H35F3IrN3O4-. The number of halogens is 3. The molecule has 7 nitrogen and oxygen atoms in total. The first kappa shape index (κ1) is 36.5. The maximum Gasteiger partial charge on any atom is 0.470 e. The Labute approximate surface area is 289 Å². The average molecular weight is 835 g/mol. The summed E-state index contributed by atoms with van der Waals surface area (Å²) >= 11 is 0. The van der Waals surface area contributed by atoms with E-state index in [1.807, 2.05) is 70.2 Å². The number of furan rings is 1. The molecule has 0 atom stereocenters. The summed E-state index contributed by atoms with van der Waals surface area (Å²) in [7, 11) is 0. The number of hydrogen-bond acceptors (Lipinski definition) is 7. The number of pyridine rings is 1. The van der Waals surface area contributed by atoms with Gasteiger partial charge in [-0.2, -0.15) is 13.2 Å². The molecule has 0 saturated heterocycles. The van der Waals surface area contributed by atoms with Crippen LogP contribution in [0.2, 0.25) is 0 Å². The van der Waals surface area contributed by atoms with Crippen LogP contribution in [0.1, 0.15) is 59.3 Å². The number of fused-ring (bicyclic) bond motifs is 4. The van der Waals surface area contributed by atoms with Gasteiger partial charge in [0, 0.05) is 49.0 Å². The standard InChI is InChI=1S/C24H11F3N3O2.C13H24O2.Ir/c25-24(26,27)23-30-29-22(32-23)14-8-10-15-16-5-3-6-17(21(16)31-20(15)12-14)19-11-9-13-4-1-2-7-18(13)28-19;1-5-10(6-2)12(14)9-13(15)11(7-3)8-4;/h1-5,7-12H;9-11,14H,5-8H2,1-4H3;/q-1;;/b;12-9-;. The zero-order valence-electron chi connectivity index (χ0n) is 26.9. The van der Waals surface area contributed by atoms with Gasteiger partial charge in [0.2, 0.25) is 5.89 Å². The number of hydrogen-bond donors (Lipinski definition) is 1. The minimum absolute atomic E-state index is 0. The molecule has 1 N–H and O–H groups in total. The molecule has 1 radical (unpaired) electrons. The van der Waals surface area contributed by atoms with Crippen molar-refractivity contribution in [1.29, 1.82) is 0 Å². The number of rotatable bonds is 9. The van der Waals surface area contributed by atoms with E-state index >= 15 is 0 Å². The smallest absolute Gasteiger partial charge is 0.470 e. The number of benzene rings is 3. The van der Waals surface area contributed by atoms with Crippen molar-refractivity contribution in [2.45, 2.75) is 59.6 Å². The fraction of sp³-hybridized carbons (Fsp3) is 0.297. The molecule has 6 aromatic rings. The molecule has 0 unspecified atom stereocenters. The monoisotopic (exact) mass is 835 g/mol. The number of aromatic nitrogens is 3. The van der Waals surface area contributed by atoms with E-state index in [0.29, 0.717) is 28.0 Å². The summed E-state index contributed by atoms with van der Waals surface area (Å²) in [4.78, 5) is 16.4. The fourth-order valence-electron chi connectivity index (χ4n) is 5.50. The Hall–Kier alpha value is -4.34. The van der Waals surface area contributed by atoms with Crippen LogP contribution in [0.25, 0.3) is 55.6 Å². The molecule has 0 bridgehead atoms. The maximum absolute atomic E-state index is 12.8. The Morgan fingerprint density at radius 1 is 0.896 bits per heavy atom. The van der Waals surface area contributed by atoms with Gasteiger partial charge in [0.05, 0.1) is 16.9 Å². The second-order valence-corrected chi connectivity index (χ2v) is 11.2. The molecule has 0 aliphatic carbocycles. The quantitative estimate of drug-likeness (QED) is 0.0879. The van der Waals surface area contributed by atoms with Crippen LogP contribution in [0, 0.1) is 17.9 Å². The summed E-state index contributed by atoms with van der Waals surface area (Å²) in [5.41, 5.74) is 3.65. The second kappa shape index (κ2) is 15.7. The van der Waals surface area contributed by atoms with Gasteiger partial charge in [0.15, 0.2) is 5.78 Å². The van der Waals surface area contributed by atoms with Crippen molar-refractivity contribution in [1.82, 2.24) is 15.2 Å². The number of carbonyl (C=O) groups is 1.